The summed E-state index contributed by atoms with van der Waals surface area (Å²) in [6.45, 7) is 0. The van der Waals surface area contributed by atoms with Crippen LogP contribution in [0, 0.1) is 37.0 Å². The molecular weight excluding hydrogens is 136 g/mol. The lowest BCUT2D eigenvalue weighted by Crippen LogP contribution is -2.08. The summed E-state index contributed by atoms with van der Waals surface area (Å²) in [5.41, 5.74) is 0. The zero-order valence-corrected chi connectivity index (χ0v) is 7.09. The van der Waals surface area contributed by atoms with E-state index in [0.29, 0.717) is 0 Å². The van der Waals surface area contributed by atoms with Gasteiger partial charge in [-0.3, -0.25) is 0 Å². The van der Waals surface area contributed by atoms with Crippen LogP contribution in [0.5, 0.6) is 0 Å². The number of hydrogen-bond donors (Lipinski definition) is 0. The summed E-state index contributed by atoms with van der Waals surface area (Å²) in [6, 6.07) is 2.48. The highest BCUT2D eigenvalue weighted by Crippen LogP contribution is 2.02. The van der Waals surface area contributed by atoms with Crippen LogP contribution in [-0.4, -0.2) is 8.80 Å². The maximum atomic E-state index is 5.14. The Bertz CT molecular complexity index is 158. The molecule has 0 saturated heterocycles. The Morgan fingerprint density at radius 2 is 1.10 bits per heavy atom. The van der Waals surface area contributed by atoms with Crippen LogP contribution in [0.4, 0.5) is 0 Å². The first-order valence-electron chi connectivity index (χ1n) is 3.15. The van der Waals surface area contributed by atoms with Crippen molar-refractivity contribution in [3.63, 3.8) is 0 Å². The molecule has 0 nitrogen and oxygen atoms in total. The minimum Gasteiger partial charge on any atom is -0.120 e. The average Bonchev–Trinajstić information content (AvgIpc) is 1.90. The van der Waals surface area contributed by atoms with Crippen LogP contribution in [-0.2, 0) is 0 Å². The maximum Gasteiger partial charge on any atom is 0.0764 e. The van der Waals surface area contributed by atoms with Crippen LogP contribution < -0.4 is 0 Å². The average molecular weight is 146 g/mol. The summed E-state index contributed by atoms with van der Waals surface area (Å²) in [6.07, 6.45) is 15.4. The molecule has 0 fully saturated rings. The second-order valence-electron chi connectivity index (χ2n) is 2.09. The van der Waals surface area contributed by atoms with Crippen molar-refractivity contribution in [3.05, 3.63) is 0 Å². The van der Waals surface area contributed by atoms with Gasteiger partial charge in [-0.1, -0.05) is 0 Å². The number of hydrogen-bond acceptors (Lipinski definition) is 0. The molecule has 0 aromatic rings. The lowest BCUT2D eigenvalue weighted by molar-refractivity contribution is 1.53. The summed E-state index contributed by atoms with van der Waals surface area (Å²) in [4.78, 5) is 0. The SMILES string of the molecule is C#CC[SiH](CC#C)CC#C. The highest BCUT2D eigenvalue weighted by Gasteiger charge is 2.04. The molecule has 0 atom stereocenters. The van der Waals surface area contributed by atoms with Crippen molar-refractivity contribution < 1.29 is 0 Å². The van der Waals surface area contributed by atoms with Gasteiger partial charge in [0.25, 0.3) is 0 Å². The fourth-order valence-corrected chi connectivity index (χ4v) is 2.15. The first-order valence-corrected chi connectivity index (χ1v) is 5.60. The smallest absolute Gasteiger partial charge is 0.0764 e. The zero-order chi connectivity index (χ0) is 7.82. The predicted octanol–water partition coefficient (Wildman–Crippen LogP) is 1.11. The molecule has 0 aromatic heterocycles. The van der Waals surface area contributed by atoms with Crippen molar-refractivity contribution in [1.29, 1.82) is 0 Å². The van der Waals surface area contributed by atoms with Crippen LogP contribution >= 0.6 is 0 Å². The third-order valence-electron chi connectivity index (χ3n) is 1.22. The zero-order valence-electron chi connectivity index (χ0n) is 5.93. The third kappa shape index (κ3) is 3.85. The second-order valence-corrected chi connectivity index (χ2v) is 5.05. The Kier molecular flexibility index (Phi) is 5.36. The van der Waals surface area contributed by atoms with Gasteiger partial charge in [0.1, 0.15) is 0 Å². The van der Waals surface area contributed by atoms with E-state index in [2.05, 4.69) is 17.8 Å². The highest BCUT2D eigenvalue weighted by atomic mass is 28.3. The first-order chi connectivity index (χ1) is 4.85. The van der Waals surface area contributed by atoms with Gasteiger partial charge in [-0.2, -0.15) is 0 Å². The summed E-state index contributed by atoms with van der Waals surface area (Å²) < 4.78 is 0. The summed E-state index contributed by atoms with van der Waals surface area (Å²) in [7, 11) is -0.942. The van der Waals surface area contributed by atoms with Gasteiger partial charge in [0.15, 0.2) is 0 Å². The third-order valence-corrected chi connectivity index (χ3v) is 3.66. The van der Waals surface area contributed by atoms with Crippen LogP contribution in [0.3, 0.4) is 0 Å². The van der Waals surface area contributed by atoms with Gasteiger partial charge in [0.2, 0.25) is 0 Å². The van der Waals surface area contributed by atoms with E-state index >= 15 is 0 Å². The standard InChI is InChI=1S/C9H10Si/c1-4-7-10(8-5-2)9-6-3/h1-3,10H,7-9H2. The van der Waals surface area contributed by atoms with Crippen molar-refractivity contribution in [2.75, 3.05) is 0 Å². The van der Waals surface area contributed by atoms with Gasteiger partial charge in [-0.15, -0.1) is 37.0 Å². The van der Waals surface area contributed by atoms with Crippen LogP contribution in [0.25, 0.3) is 0 Å². The molecule has 0 aliphatic carbocycles. The number of rotatable bonds is 3. The van der Waals surface area contributed by atoms with Crippen LogP contribution in [0.2, 0.25) is 18.1 Å². The molecule has 0 heterocycles. The Morgan fingerprint density at radius 3 is 1.30 bits per heavy atom. The topological polar surface area (TPSA) is 0 Å². The molecular formula is C9H10Si. The lowest BCUT2D eigenvalue weighted by Gasteiger charge is -2.01. The van der Waals surface area contributed by atoms with Crippen molar-refractivity contribution in [1.82, 2.24) is 0 Å². The molecule has 10 heavy (non-hydrogen) atoms. The first kappa shape index (κ1) is 8.90. The van der Waals surface area contributed by atoms with E-state index < -0.39 is 8.80 Å². The van der Waals surface area contributed by atoms with E-state index in [9.17, 15) is 0 Å². The molecule has 0 radical (unpaired) electrons. The molecule has 0 rings (SSSR count). The Balaban J connectivity index is 3.68. The quantitative estimate of drug-likeness (QED) is 0.413. The predicted molar refractivity (Wildman–Crippen MR) is 48.1 cm³/mol. The minimum atomic E-state index is -0.942. The highest BCUT2D eigenvalue weighted by molar-refractivity contribution is 6.61. The van der Waals surface area contributed by atoms with E-state index in [1.165, 1.54) is 0 Å². The minimum absolute atomic E-state index is 0.828. The maximum absolute atomic E-state index is 5.14. The summed E-state index contributed by atoms with van der Waals surface area (Å²) in [5.74, 6) is 7.82. The van der Waals surface area contributed by atoms with Crippen molar-refractivity contribution in [2.24, 2.45) is 0 Å². The van der Waals surface area contributed by atoms with Crippen molar-refractivity contribution in [3.8, 4) is 37.0 Å². The van der Waals surface area contributed by atoms with Crippen molar-refractivity contribution in [2.45, 2.75) is 18.1 Å². The van der Waals surface area contributed by atoms with E-state index in [4.69, 9.17) is 19.3 Å². The van der Waals surface area contributed by atoms with Gasteiger partial charge < -0.3 is 0 Å². The monoisotopic (exact) mass is 146 g/mol. The molecule has 1 heteroatoms. The molecule has 0 spiro atoms. The Morgan fingerprint density at radius 1 is 0.800 bits per heavy atom. The summed E-state index contributed by atoms with van der Waals surface area (Å²) in [5, 5.41) is 0. The largest absolute Gasteiger partial charge is 0.120 e. The Labute approximate surface area is 64.6 Å². The fraction of sp³-hybridized carbons (Fsp3) is 0.333. The normalized spacial score (nSPS) is 7.80. The molecule has 0 saturated carbocycles. The molecule has 0 aromatic carbocycles. The van der Waals surface area contributed by atoms with Gasteiger partial charge >= 0.3 is 0 Å². The number of terminal acetylenes is 3. The lowest BCUT2D eigenvalue weighted by atomic mass is 10.8. The summed E-state index contributed by atoms with van der Waals surface area (Å²) >= 11 is 0. The van der Waals surface area contributed by atoms with E-state index in [1.807, 2.05) is 0 Å². The van der Waals surface area contributed by atoms with E-state index in [-0.39, 0.29) is 0 Å². The second kappa shape index (κ2) is 6.02. The van der Waals surface area contributed by atoms with Crippen LogP contribution in [0.15, 0.2) is 0 Å². The molecule has 0 amide bonds. The van der Waals surface area contributed by atoms with Gasteiger partial charge in [-0.05, 0) is 0 Å². The van der Waals surface area contributed by atoms with Gasteiger partial charge in [0, 0.05) is 18.1 Å². The molecule has 0 aliphatic rings. The van der Waals surface area contributed by atoms with Gasteiger partial charge in [-0.25, -0.2) is 0 Å². The molecule has 50 valence electrons. The van der Waals surface area contributed by atoms with Crippen LogP contribution in [0.1, 0.15) is 0 Å². The van der Waals surface area contributed by atoms with E-state index in [0.717, 1.165) is 18.1 Å². The molecule has 0 bridgehead atoms. The molecule has 0 N–H and O–H groups in total. The Hall–Kier alpha value is -1.10. The fourth-order valence-electron chi connectivity index (χ4n) is 0.717. The molecule has 0 aliphatic heterocycles. The van der Waals surface area contributed by atoms with Crippen molar-refractivity contribution >= 4 is 8.80 Å². The van der Waals surface area contributed by atoms with Gasteiger partial charge in [0.05, 0.1) is 8.80 Å². The molecule has 0 unspecified atom stereocenters. The van der Waals surface area contributed by atoms with E-state index in [1.54, 1.807) is 0 Å².